The van der Waals surface area contributed by atoms with E-state index in [-0.39, 0.29) is 0 Å². The van der Waals surface area contributed by atoms with Gasteiger partial charge in [-0.1, -0.05) is 61.9 Å². The van der Waals surface area contributed by atoms with E-state index in [0.717, 1.165) is 27.8 Å². The quantitative estimate of drug-likeness (QED) is 0.880. The van der Waals surface area contributed by atoms with Crippen LogP contribution in [0.2, 0.25) is 0 Å². The molecule has 0 saturated heterocycles. The maximum Gasteiger partial charge on any atom is 0.185 e. The molecule has 2 N–H and O–H groups in total. The van der Waals surface area contributed by atoms with Gasteiger partial charge in [-0.25, -0.2) is 4.98 Å². The van der Waals surface area contributed by atoms with Gasteiger partial charge in [-0.05, 0) is 5.92 Å². The van der Waals surface area contributed by atoms with E-state index in [1.165, 1.54) is 6.42 Å². The summed E-state index contributed by atoms with van der Waals surface area (Å²) in [6.45, 7) is 6.06. The summed E-state index contributed by atoms with van der Waals surface area (Å²) in [4.78, 5) is 8.20. The van der Waals surface area contributed by atoms with Gasteiger partial charge in [0, 0.05) is 30.6 Å². The summed E-state index contributed by atoms with van der Waals surface area (Å²) in [5, 5.41) is 1.06. The Balaban J connectivity index is 2.27. The highest BCUT2D eigenvalue weighted by Gasteiger charge is 2.15. The first kappa shape index (κ1) is 15.0. The van der Waals surface area contributed by atoms with E-state index in [0.29, 0.717) is 12.5 Å². The number of nitrogens with two attached hydrogens (primary N) is 1. The lowest BCUT2D eigenvalue weighted by Crippen LogP contribution is -2.23. The molecule has 1 aromatic carbocycles. The Bertz CT molecular complexity index is 536. The minimum Gasteiger partial charge on any atom is -0.351 e. The molecule has 1 atom stereocenters. The van der Waals surface area contributed by atoms with Crippen LogP contribution < -0.4 is 10.6 Å². The van der Waals surface area contributed by atoms with Crippen molar-refractivity contribution in [2.24, 2.45) is 11.7 Å². The van der Waals surface area contributed by atoms with Crippen molar-refractivity contribution in [2.75, 3.05) is 18.5 Å². The predicted molar refractivity (Wildman–Crippen MR) is 88.2 cm³/mol. The number of hydrogen-bond acceptors (Lipinski definition) is 4. The predicted octanol–water partition coefficient (Wildman–Crippen LogP) is 3.75. The average Bonchev–Trinajstić information content (AvgIpc) is 2.92. The average molecular weight is 289 g/mol. The highest BCUT2D eigenvalue weighted by molar-refractivity contribution is 7.16. The van der Waals surface area contributed by atoms with Crippen LogP contribution in [-0.4, -0.2) is 18.6 Å². The van der Waals surface area contributed by atoms with Crippen LogP contribution >= 0.6 is 11.3 Å². The molecule has 2 aromatic rings. The number of benzene rings is 1. The van der Waals surface area contributed by atoms with Gasteiger partial charge in [0.1, 0.15) is 0 Å². The van der Waals surface area contributed by atoms with Crippen molar-refractivity contribution >= 4 is 16.5 Å². The molecule has 3 nitrogen and oxygen atoms in total. The second-order valence-corrected chi connectivity index (χ2v) is 6.29. The third-order valence-corrected chi connectivity index (χ3v) is 4.72. The Morgan fingerprint density at radius 2 is 2.00 bits per heavy atom. The van der Waals surface area contributed by atoms with Crippen LogP contribution in [0.15, 0.2) is 30.3 Å². The Hall–Kier alpha value is -1.39. The largest absolute Gasteiger partial charge is 0.351 e. The number of nitrogens with zero attached hydrogens (tertiary/aromatic N) is 2. The summed E-state index contributed by atoms with van der Waals surface area (Å²) < 4.78 is 0. The van der Waals surface area contributed by atoms with Crippen molar-refractivity contribution in [2.45, 2.75) is 26.8 Å². The molecule has 0 saturated carbocycles. The van der Waals surface area contributed by atoms with E-state index >= 15 is 0 Å². The molecule has 2 rings (SSSR count). The minimum absolute atomic E-state index is 0.541. The zero-order valence-corrected chi connectivity index (χ0v) is 13.3. The van der Waals surface area contributed by atoms with Crippen molar-refractivity contribution in [3.63, 3.8) is 0 Å². The number of thiazole rings is 1. The normalized spacial score (nSPS) is 12.4. The van der Waals surface area contributed by atoms with Gasteiger partial charge in [-0.2, -0.15) is 0 Å². The molecular weight excluding hydrogens is 266 g/mol. The maximum absolute atomic E-state index is 5.88. The maximum atomic E-state index is 5.88. The Morgan fingerprint density at radius 1 is 1.30 bits per heavy atom. The van der Waals surface area contributed by atoms with Crippen molar-refractivity contribution < 1.29 is 0 Å². The smallest absolute Gasteiger partial charge is 0.185 e. The molecule has 108 valence electrons. The topological polar surface area (TPSA) is 42.2 Å². The zero-order valence-electron chi connectivity index (χ0n) is 12.5. The van der Waals surface area contributed by atoms with E-state index in [2.05, 4.69) is 37.9 Å². The van der Waals surface area contributed by atoms with Crippen molar-refractivity contribution in [3.8, 4) is 11.3 Å². The highest BCUT2D eigenvalue weighted by atomic mass is 32.1. The van der Waals surface area contributed by atoms with Gasteiger partial charge in [0.25, 0.3) is 0 Å². The molecule has 0 spiro atoms. The van der Waals surface area contributed by atoms with Crippen molar-refractivity contribution in [1.29, 1.82) is 0 Å². The molecule has 1 aromatic heterocycles. The van der Waals surface area contributed by atoms with Crippen LogP contribution in [0.3, 0.4) is 0 Å². The van der Waals surface area contributed by atoms with E-state index in [9.17, 15) is 0 Å². The van der Waals surface area contributed by atoms with Crippen LogP contribution in [0.1, 0.15) is 25.1 Å². The molecule has 0 bridgehead atoms. The molecule has 0 amide bonds. The fourth-order valence-corrected chi connectivity index (χ4v) is 3.07. The molecule has 0 aliphatic rings. The van der Waals surface area contributed by atoms with Crippen LogP contribution in [0.4, 0.5) is 5.13 Å². The molecule has 1 heterocycles. The Morgan fingerprint density at radius 3 is 2.60 bits per heavy atom. The first-order valence-corrected chi connectivity index (χ1v) is 7.93. The summed E-state index contributed by atoms with van der Waals surface area (Å²) in [7, 11) is 2.11. The summed E-state index contributed by atoms with van der Waals surface area (Å²) >= 11 is 1.70. The molecule has 1 unspecified atom stereocenters. The molecular formula is C16H23N3S. The van der Waals surface area contributed by atoms with Crippen LogP contribution in [0.25, 0.3) is 11.3 Å². The van der Waals surface area contributed by atoms with Gasteiger partial charge in [-0.3, -0.25) is 0 Å². The number of anilines is 1. The minimum atomic E-state index is 0.541. The van der Waals surface area contributed by atoms with Crippen LogP contribution in [-0.2, 0) is 6.54 Å². The third kappa shape index (κ3) is 3.38. The lowest BCUT2D eigenvalue weighted by Gasteiger charge is -2.19. The summed E-state index contributed by atoms with van der Waals surface area (Å²) in [6.07, 6.45) is 1.19. The first-order chi connectivity index (χ1) is 9.65. The number of aromatic nitrogens is 1. The molecule has 4 heteroatoms. The molecule has 0 radical (unpaired) electrons. The standard InChI is InChI=1S/C16H23N3S/c1-4-12(2)11-19(3)16-18-15(14(10-17)20-16)13-8-6-5-7-9-13/h5-9,12H,4,10-11,17H2,1-3H3. The zero-order chi connectivity index (χ0) is 14.5. The van der Waals surface area contributed by atoms with E-state index in [4.69, 9.17) is 10.7 Å². The highest BCUT2D eigenvalue weighted by Crippen LogP contribution is 2.32. The van der Waals surface area contributed by atoms with Crippen molar-refractivity contribution in [1.82, 2.24) is 4.98 Å². The SMILES string of the molecule is CCC(C)CN(C)c1nc(-c2ccccc2)c(CN)s1. The summed E-state index contributed by atoms with van der Waals surface area (Å²) in [5.41, 5.74) is 8.06. The van der Waals surface area contributed by atoms with Gasteiger partial charge < -0.3 is 10.6 Å². The Labute approximate surface area is 125 Å². The van der Waals surface area contributed by atoms with Gasteiger partial charge >= 0.3 is 0 Å². The molecule has 0 aliphatic carbocycles. The van der Waals surface area contributed by atoms with Crippen molar-refractivity contribution in [3.05, 3.63) is 35.2 Å². The fourth-order valence-electron chi connectivity index (χ4n) is 2.14. The van der Waals surface area contributed by atoms with Gasteiger partial charge in [0.2, 0.25) is 0 Å². The fraction of sp³-hybridized carbons (Fsp3) is 0.438. The second-order valence-electron chi connectivity index (χ2n) is 5.23. The van der Waals surface area contributed by atoms with E-state index in [1.54, 1.807) is 11.3 Å². The van der Waals surface area contributed by atoms with Crippen LogP contribution in [0, 0.1) is 5.92 Å². The van der Waals surface area contributed by atoms with E-state index in [1.807, 2.05) is 18.2 Å². The summed E-state index contributed by atoms with van der Waals surface area (Å²) in [6, 6.07) is 10.3. The molecule has 0 fully saturated rings. The number of rotatable bonds is 6. The lowest BCUT2D eigenvalue weighted by molar-refractivity contribution is 0.559. The Kier molecular flexibility index (Phi) is 5.15. The van der Waals surface area contributed by atoms with Gasteiger partial charge in [0.05, 0.1) is 5.69 Å². The number of hydrogen-bond donors (Lipinski definition) is 1. The molecule has 0 aliphatic heterocycles. The summed E-state index contributed by atoms with van der Waals surface area (Å²) in [5.74, 6) is 0.672. The molecule has 20 heavy (non-hydrogen) atoms. The monoisotopic (exact) mass is 289 g/mol. The van der Waals surface area contributed by atoms with E-state index < -0.39 is 0 Å². The second kappa shape index (κ2) is 6.86. The first-order valence-electron chi connectivity index (χ1n) is 7.12. The van der Waals surface area contributed by atoms with Gasteiger partial charge in [-0.15, -0.1) is 0 Å². The van der Waals surface area contributed by atoms with Crippen LogP contribution in [0.5, 0.6) is 0 Å². The third-order valence-electron chi connectivity index (χ3n) is 3.53. The lowest BCUT2D eigenvalue weighted by atomic mass is 10.1. The van der Waals surface area contributed by atoms with Gasteiger partial charge in [0.15, 0.2) is 5.13 Å².